The van der Waals surface area contributed by atoms with Crippen LogP contribution in [-0.4, -0.2) is 23.2 Å². The van der Waals surface area contributed by atoms with Crippen LogP contribution in [0.4, 0.5) is 0 Å². The molecule has 0 spiro atoms. The molecule has 3 nitrogen and oxygen atoms in total. The minimum Gasteiger partial charge on any atom is -0.381 e. The van der Waals surface area contributed by atoms with Crippen LogP contribution in [-0.2, 0) is 4.74 Å². The highest BCUT2D eigenvalue weighted by molar-refractivity contribution is 9.10. The van der Waals surface area contributed by atoms with Gasteiger partial charge in [0.1, 0.15) is 10.5 Å². The summed E-state index contributed by atoms with van der Waals surface area (Å²) in [6, 6.07) is 0. The van der Waals surface area contributed by atoms with Gasteiger partial charge in [-0.3, -0.25) is 0 Å². The lowest BCUT2D eigenvalue weighted by Crippen LogP contribution is -2.18. The van der Waals surface area contributed by atoms with E-state index in [9.17, 15) is 0 Å². The molecule has 1 atom stereocenters. The molecule has 5 heteroatoms. The Balaban J connectivity index is 1.96. The number of H-pyrrole nitrogens is 1. The predicted octanol–water partition coefficient (Wildman–Crippen LogP) is 3.67. The van der Waals surface area contributed by atoms with Crippen molar-refractivity contribution in [3.8, 4) is 0 Å². The zero-order valence-electron chi connectivity index (χ0n) is 9.54. The van der Waals surface area contributed by atoms with Crippen molar-refractivity contribution in [2.75, 3.05) is 13.2 Å². The Morgan fingerprint density at radius 1 is 1.29 bits per heavy atom. The van der Waals surface area contributed by atoms with Gasteiger partial charge in [-0.05, 0) is 41.6 Å². The lowest BCUT2D eigenvalue weighted by atomic mass is 10.0. The van der Waals surface area contributed by atoms with Gasteiger partial charge >= 0.3 is 0 Å². The second-order valence-corrected chi connectivity index (χ2v) is 6.02. The zero-order valence-corrected chi connectivity index (χ0v) is 11.9. The Morgan fingerprint density at radius 2 is 2.12 bits per heavy atom. The van der Waals surface area contributed by atoms with Crippen molar-refractivity contribution in [2.45, 2.75) is 37.5 Å². The Bertz CT molecular complexity index is 478. The first kappa shape index (κ1) is 11.8. The molecule has 0 radical (unpaired) electrons. The summed E-state index contributed by atoms with van der Waals surface area (Å²) >= 11 is 8.88. The molecule has 1 N–H and O–H groups in total. The smallest absolute Gasteiger partial charge is 0.144 e. The summed E-state index contributed by atoms with van der Waals surface area (Å²) in [4.78, 5) is 7.98. The number of halogens is 1. The molecule has 17 heavy (non-hydrogen) atoms. The van der Waals surface area contributed by atoms with E-state index in [4.69, 9.17) is 17.0 Å². The molecule has 1 aromatic rings. The molecule has 1 saturated carbocycles. The quantitative estimate of drug-likeness (QED) is 0.846. The van der Waals surface area contributed by atoms with Gasteiger partial charge in [-0.15, -0.1) is 0 Å². The largest absolute Gasteiger partial charge is 0.381 e. The number of nitrogens with zero attached hydrogens (tertiary/aromatic N) is 1. The summed E-state index contributed by atoms with van der Waals surface area (Å²) in [7, 11) is 0. The van der Waals surface area contributed by atoms with Crippen LogP contribution in [0.15, 0.2) is 4.47 Å². The SMILES string of the molecule is S=c1nc(C2CCCOC2)[nH]c(C2CC2)c1Br. The van der Waals surface area contributed by atoms with E-state index in [-0.39, 0.29) is 0 Å². The fourth-order valence-electron chi connectivity index (χ4n) is 2.30. The molecule has 92 valence electrons. The average molecular weight is 315 g/mol. The third-order valence-corrected chi connectivity index (χ3v) is 4.80. The molecule has 1 aromatic heterocycles. The van der Waals surface area contributed by atoms with E-state index >= 15 is 0 Å². The first-order valence-electron chi connectivity index (χ1n) is 6.13. The van der Waals surface area contributed by atoms with Crippen LogP contribution in [0.5, 0.6) is 0 Å². The van der Waals surface area contributed by atoms with Crippen LogP contribution in [0.3, 0.4) is 0 Å². The van der Waals surface area contributed by atoms with Gasteiger partial charge in [0.25, 0.3) is 0 Å². The molecule has 0 amide bonds. The topological polar surface area (TPSA) is 37.9 Å². The molecule has 3 rings (SSSR count). The molecular weight excluding hydrogens is 300 g/mol. The molecule has 0 aromatic carbocycles. The van der Waals surface area contributed by atoms with Gasteiger partial charge in [0, 0.05) is 24.1 Å². The van der Waals surface area contributed by atoms with Gasteiger partial charge in [-0.1, -0.05) is 12.2 Å². The second kappa shape index (κ2) is 4.78. The molecule has 1 unspecified atom stereocenters. The number of aromatic nitrogens is 2. The van der Waals surface area contributed by atoms with Crippen LogP contribution in [0.25, 0.3) is 0 Å². The maximum Gasteiger partial charge on any atom is 0.144 e. The zero-order chi connectivity index (χ0) is 11.8. The minimum atomic E-state index is 0.385. The van der Waals surface area contributed by atoms with Crippen molar-refractivity contribution in [3.63, 3.8) is 0 Å². The van der Waals surface area contributed by atoms with E-state index in [1.165, 1.54) is 18.5 Å². The van der Waals surface area contributed by atoms with Crippen molar-refractivity contribution >= 4 is 28.1 Å². The maximum atomic E-state index is 5.52. The number of rotatable bonds is 2. The summed E-state index contributed by atoms with van der Waals surface area (Å²) in [5.41, 5.74) is 1.24. The summed E-state index contributed by atoms with van der Waals surface area (Å²) < 4.78 is 7.19. The van der Waals surface area contributed by atoms with Crippen molar-refractivity contribution in [3.05, 3.63) is 20.6 Å². The number of nitrogens with one attached hydrogen (secondary N) is 1. The van der Waals surface area contributed by atoms with Crippen LogP contribution in [0.1, 0.15) is 49.0 Å². The second-order valence-electron chi connectivity index (χ2n) is 4.84. The first-order valence-corrected chi connectivity index (χ1v) is 7.33. The number of hydrogen-bond donors (Lipinski definition) is 1. The highest BCUT2D eigenvalue weighted by Crippen LogP contribution is 2.42. The number of aromatic amines is 1. The van der Waals surface area contributed by atoms with Gasteiger partial charge in [-0.25, -0.2) is 4.98 Å². The van der Waals surface area contributed by atoms with E-state index < -0.39 is 0 Å². The maximum absolute atomic E-state index is 5.52. The van der Waals surface area contributed by atoms with Crippen molar-refractivity contribution in [2.24, 2.45) is 0 Å². The molecule has 2 fully saturated rings. The molecule has 1 aliphatic heterocycles. The third-order valence-electron chi connectivity index (χ3n) is 3.44. The minimum absolute atomic E-state index is 0.385. The first-order chi connectivity index (χ1) is 8.25. The highest BCUT2D eigenvalue weighted by atomic mass is 79.9. The van der Waals surface area contributed by atoms with Crippen LogP contribution < -0.4 is 0 Å². The van der Waals surface area contributed by atoms with Crippen LogP contribution in [0.2, 0.25) is 0 Å². The lowest BCUT2D eigenvalue weighted by molar-refractivity contribution is 0.0779. The number of hydrogen-bond acceptors (Lipinski definition) is 3. The fraction of sp³-hybridized carbons (Fsp3) is 0.667. The van der Waals surface area contributed by atoms with E-state index in [0.29, 0.717) is 16.5 Å². The van der Waals surface area contributed by atoms with Gasteiger partial charge in [-0.2, -0.15) is 0 Å². The third kappa shape index (κ3) is 2.46. The monoisotopic (exact) mass is 314 g/mol. The average Bonchev–Trinajstić information content (AvgIpc) is 3.18. The molecule has 1 saturated heterocycles. The normalized spacial score (nSPS) is 24.9. The number of ether oxygens (including phenoxy) is 1. The summed E-state index contributed by atoms with van der Waals surface area (Å²) in [6.07, 6.45) is 4.77. The Hall–Kier alpha value is -0.260. The Kier molecular flexibility index (Phi) is 3.32. The van der Waals surface area contributed by atoms with Crippen molar-refractivity contribution in [1.29, 1.82) is 0 Å². The molecule has 2 aliphatic rings. The summed E-state index contributed by atoms with van der Waals surface area (Å²) in [5.74, 6) is 2.05. The van der Waals surface area contributed by atoms with E-state index in [1.54, 1.807) is 0 Å². The van der Waals surface area contributed by atoms with E-state index in [1.807, 2.05) is 0 Å². The van der Waals surface area contributed by atoms with E-state index in [2.05, 4.69) is 25.9 Å². The molecule has 2 heterocycles. The Morgan fingerprint density at radius 3 is 2.76 bits per heavy atom. The van der Waals surface area contributed by atoms with Gasteiger partial charge in [0.2, 0.25) is 0 Å². The molecular formula is C12H15BrN2OS. The molecule has 0 bridgehead atoms. The van der Waals surface area contributed by atoms with Crippen LogP contribution in [0, 0.1) is 4.64 Å². The van der Waals surface area contributed by atoms with Crippen molar-refractivity contribution < 1.29 is 4.74 Å². The van der Waals surface area contributed by atoms with Crippen molar-refractivity contribution in [1.82, 2.24) is 9.97 Å². The summed E-state index contributed by atoms with van der Waals surface area (Å²) in [6.45, 7) is 1.65. The van der Waals surface area contributed by atoms with Gasteiger partial charge < -0.3 is 9.72 Å². The predicted molar refractivity (Wildman–Crippen MR) is 71.9 cm³/mol. The standard InChI is InChI=1S/C12H15BrN2OS/c13-9-10(7-3-4-7)14-11(15-12(9)17)8-2-1-5-16-6-8/h7-8H,1-6H2,(H,14,15,17). The Labute approximate surface area is 114 Å². The fourth-order valence-corrected chi connectivity index (χ4v) is 3.02. The highest BCUT2D eigenvalue weighted by Gasteiger charge is 2.29. The summed E-state index contributed by atoms with van der Waals surface area (Å²) in [5, 5.41) is 0. The van der Waals surface area contributed by atoms with E-state index in [0.717, 1.165) is 36.4 Å². The van der Waals surface area contributed by atoms with Gasteiger partial charge in [0.15, 0.2) is 0 Å². The lowest BCUT2D eigenvalue weighted by Gasteiger charge is -2.22. The van der Waals surface area contributed by atoms with Crippen LogP contribution >= 0.6 is 28.1 Å². The molecule has 1 aliphatic carbocycles. The van der Waals surface area contributed by atoms with Gasteiger partial charge in [0.05, 0.1) is 11.1 Å².